The first kappa shape index (κ1) is 15.9. The summed E-state index contributed by atoms with van der Waals surface area (Å²) < 4.78 is 12.9. The van der Waals surface area contributed by atoms with E-state index >= 15 is 0 Å². The Morgan fingerprint density at radius 3 is 2.57 bits per heavy atom. The summed E-state index contributed by atoms with van der Waals surface area (Å²) in [6.07, 6.45) is 1.09. The quantitative estimate of drug-likeness (QED) is 0.890. The van der Waals surface area contributed by atoms with E-state index in [1.807, 2.05) is 11.9 Å². The van der Waals surface area contributed by atoms with Crippen LogP contribution in [0.4, 0.5) is 4.39 Å². The second kappa shape index (κ2) is 6.28. The summed E-state index contributed by atoms with van der Waals surface area (Å²) in [6.45, 7) is 1.36. The van der Waals surface area contributed by atoms with E-state index in [0.29, 0.717) is 25.4 Å². The zero-order valence-corrected chi connectivity index (χ0v) is 13.5. The molecule has 3 rings (SSSR count). The Kier molecular flexibility index (Phi) is 4.35. The van der Waals surface area contributed by atoms with E-state index in [0.717, 1.165) is 12.0 Å². The van der Waals surface area contributed by atoms with Gasteiger partial charge in [0.15, 0.2) is 0 Å². The van der Waals surface area contributed by atoms with Gasteiger partial charge in [-0.05, 0) is 37.1 Å². The maximum Gasteiger partial charge on any atom is 0.237 e. The molecule has 0 radical (unpaired) electrons. The van der Waals surface area contributed by atoms with E-state index in [9.17, 15) is 14.0 Å². The minimum atomic E-state index is -0.293. The first-order valence-electron chi connectivity index (χ1n) is 7.95. The number of rotatable bonds is 3. The number of likely N-dealkylation sites (tertiary alicyclic amines) is 2. The van der Waals surface area contributed by atoms with Gasteiger partial charge >= 0.3 is 0 Å². The van der Waals surface area contributed by atoms with Crippen molar-refractivity contribution in [2.24, 2.45) is 5.92 Å². The smallest absolute Gasteiger partial charge is 0.237 e. The third-order valence-corrected chi connectivity index (χ3v) is 5.12. The Labute approximate surface area is 135 Å². The molecule has 0 aromatic heterocycles. The lowest BCUT2D eigenvalue weighted by Gasteiger charge is -2.25. The van der Waals surface area contributed by atoms with Crippen LogP contribution in [0.2, 0.25) is 0 Å². The van der Waals surface area contributed by atoms with E-state index in [2.05, 4.69) is 10.2 Å². The van der Waals surface area contributed by atoms with Gasteiger partial charge in [0.2, 0.25) is 11.8 Å². The van der Waals surface area contributed by atoms with Crippen molar-refractivity contribution in [2.45, 2.75) is 24.9 Å². The largest absolute Gasteiger partial charge is 0.358 e. The van der Waals surface area contributed by atoms with Gasteiger partial charge in [-0.3, -0.25) is 14.5 Å². The summed E-state index contributed by atoms with van der Waals surface area (Å²) in [6, 6.07) is 6.21. The van der Waals surface area contributed by atoms with Crippen LogP contribution in [0.15, 0.2) is 24.3 Å². The van der Waals surface area contributed by atoms with Crippen molar-refractivity contribution in [3.05, 3.63) is 35.6 Å². The molecule has 2 saturated heterocycles. The number of halogens is 1. The maximum atomic E-state index is 12.9. The summed E-state index contributed by atoms with van der Waals surface area (Å²) in [5.74, 6) is 0.167. The molecule has 2 fully saturated rings. The second-order valence-electron chi connectivity index (χ2n) is 6.46. The molecule has 1 aromatic rings. The molecule has 6 heteroatoms. The van der Waals surface area contributed by atoms with Crippen molar-refractivity contribution < 1.29 is 14.0 Å². The van der Waals surface area contributed by atoms with Crippen LogP contribution in [0.1, 0.15) is 12.0 Å². The van der Waals surface area contributed by atoms with Crippen LogP contribution < -0.4 is 5.32 Å². The Morgan fingerprint density at radius 1 is 1.26 bits per heavy atom. The highest BCUT2D eigenvalue weighted by Crippen LogP contribution is 2.34. The maximum absolute atomic E-state index is 12.9. The molecule has 5 nitrogen and oxygen atoms in total. The van der Waals surface area contributed by atoms with E-state index in [4.69, 9.17) is 0 Å². The first-order chi connectivity index (χ1) is 11.0. The molecule has 2 heterocycles. The number of fused-ring (bicyclic) bond motifs is 1. The lowest BCUT2D eigenvalue weighted by Crippen LogP contribution is -2.45. The number of carbonyl (C=O) groups excluding carboxylic acids is 2. The van der Waals surface area contributed by atoms with Crippen LogP contribution in [0.25, 0.3) is 0 Å². The summed E-state index contributed by atoms with van der Waals surface area (Å²) >= 11 is 0. The van der Waals surface area contributed by atoms with Crippen LogP contribution in [-0.2, 0) is 16.0 Å². The topological polar surface area (TPSA) is 52.7 Å². The average molecular weight is 319 g/mol. The van der Waals surface area contributed by atoms with Crippen LogP contribution in [-0.4, -0.2) is 60.9 Å². The standard InChI is InChI=1S/C17H22FN3O2/c1-19-17(23)14-8-12-9-21(10-15(12)20(14)2)16(22)7-11-3-5-13(18)6-4-11/h3-6,12,14-15H,7-10H2,1-2H3,(H,19,23)/t12-,14-,15+/m1/s1. The van der Waals surface area contributed by atoms with Crippen LogP contribution >= 0.6 is 0 Å². The summed E-state index contributed by atoms with van der Waals surface area (Å²) in [5, 5.41) is 2.71. The number of hydrogen-bond donors (Lipinski definition) is 1. The van der Waals surface area contributed by atoms with Gasteiger partial charge in [0.1, 0.15) is 5.82 Å². The van der Waals surface area contributed by atoms with Gasteiger partial charge in [-0.2, -0.15) is 0 Å². The molecule has 1 N–H and O–H groups in total. The summed E-state index contributed by atoms with van der Waals surface area (Å²) in [4.78, 5) is 28.3. The minimum absolute atomic E-state index is 0.0473. The molecule has 3 atom stereocenters. The molecular weight excluding hydrogens is 297 g/mol. The fourth-order valence-corrected chi connectivity index (χ4v) is 3.78. The van der Waals surface area contributed by atoms with Crippen molar-refractivity contribution in [1.82, 2.24) is 15.1 Å². The van der Waals surface area contributed by atoms with Crippen molar-refractivity contribution in [3.63, 3.8) is 0 Å². The highest BCUT2D eigenvalue weighted by molar-refractivity contribution is 5.82. The zero-order chi connectivity index (χ0) is 16.6. The Balaban J connectivity index is 1.60. The average Bonchev–Trinajstić information content (AvgIpc) is 3.09. The monoisotopic (exact) mass is 319 g/mol. The molecule has 0 spiro atoms. The molecule has 2 amide bonds. The third kappa shape index (κ3) is 3.08. The molecule has 0 saturated carbocycles. The highest BCUT2D eigenvalue weighted by atomic mass is 19.1. The number of carbonyl (C=O) groups is 2. The SMILES string of the molecule is CNC(=O)[C@H]1C[C@@H]2CN(C(=O)Cc3ccc(F)cc3)C[C@@H]2N1C. The van der Waals surface area contributed by atoms with Gasteiger partial charge in [-0.15, -0.1) is 0 Å². The van der Waals surface area contributed by atoms with Crippen molar-refractivity contribution >= 4 is 11.8 Å². The van der Waals surface area contributed by atoms with Gasteiger partial charge < -0.3 is 10.2 Å². The van der Waals surface area contributed by atoms with Crippen LogP contribution in [0.3, 0.4) is 0 Å². The highest BCUT2D eigenvalue weighted by Gasteiger charge is 2.47. The van der Waals surface area contributed by atoms with Crippen LogP contribution in [0, 0.1) is 11.7 Å². The first-order valence-corrected chi connectivity index (χ1v) is 7.95. The number of likely N-dealkylation sites (N-methyl/N-ethyl adjacent to an activating group) is 2. The summed E-state index contributed by atoms with van der Waals surface area (Å²) in [7, 11) is 3.61. The van der Waals surface area contributed by atoms with Gasteiger partial charge in [0.05, 0.1) is 12.5 Å². The van der Waals surface area contributed by atoms with E-state index in [-0.39, 0.29) is 29.7 Å². The predicted molar refractivity (Wildman–Crippen MR) is 84.2 cm³/mol. The number of benzene rings is 1. The Hall–Kier alpha value is -1.95. The molecule has 0 unspecified atom stereocenters. The minimum Gasteiger partial charge on any atom is -0.358 e. The molecule has 2 aliphatic heterocycles. The lowest BCUT2D eigenvalue weighted by atomic mass is 10.0. The Morgan fingerprint density at radius 2 is 1.96 bits per heavy atom. The number of hydrogen-bond acceptors (Lipinski definition) is 3. The van der Waals surface area contributed by atoms with Crippen LogP contribution in [0.5, 0.6) is 0 Å². The Bertz CT molecular complexity index is 604. The molecule has 0 aliphatic carbocycles. The van der Waals surface area contributed by atoms with Gasteiger partial charge in [-0.25, -0.2) is 4.39 Å². The normalized spacial score (nSPS) is 27.1. The third-order valence-electron chi connectivity index (χ3n) is 5.12. The predicted octanol–water partition coefficient (Wildman–Crippen LogP) is 0.645. The van der Waals surface area contributed by atoms with E-state index < -0.39 is 0 Å². The molecule has 124 valence electrons. The lowest BCUT2D eigenvalue weighted by molar-refractivity contribution is -0.130. The molecule has 2 aliphatic rings. The molecular formula is C17H22FN3O2. The molecule has 23 heavy (non-hydrogen) atoms. The van der Waals surface area contributed by atoms with Gasteiger partial charge in [0.25, 0.3) is 0 Å². The number of nitrogens with one attached hydrogen (secondary N) is 1. The van der Waals surface area contributed by atoms with Gasteiger partial charge in [0, 0.05) is 26.2 Å². The zero-order valence-electron chi connectivity index (χ0n) is 13.5. The fraction of sp³-hybridized carbons (Fsp3) is 0.529. The van der Waals surface area contributed by atoms with Crippen molar-refractivity contribution in [2.75, 3.05) is 27.2 Å². The van der Waals surface area contributed by atoms with Crippen molar-refractivity contribution in [1.29, 1.82) is 0 Å². The fourth-order valence-electron chi connectivity index (χ4n) is 3.78. The van der Waals surface area contributed by atoms with E-state index in [1.165, 1.54) is 12.1 Å². The van der Waals surface area contributed by atoms with Crippen molar-refractivity contribution in [3.8, 4) is 0 Å². The second-order valence-corrected chi connectivity index (χ2v) is 6.46. The van der Waals surface area contributed by atoms with E-state index in [1.54, 1.807) is 19.2 Å². The molecule has 0 bridgehead atoms. The number of amides is 2. The summed E-state index contributed by atoms with van der Waals surface area (Å²) in [5.41, 5.74) is 0.824. The van der Waals surface area contributed by atoms with Gasteiger partial charge in [-0.1, -0.05) is 12.1 Å². The molecule has 1 aromatic carbocycles. The number of nitrogens with zero attached hydrogens (tertiary/aromatic N) is 2.